The van der Waals surface area contributed by atoms with Gasteiger partial charge in [0.25, 0.3) is 0 Å². The third-order valence-electron chi connectivity index (χ3n) is 2.83. The molecule has 130 valence electrons. The number of rotatable bonds is 8. The van der Waals surface area contributed by atoms with E-state index in [0.29, 0.717) is 12.5 Å². The Balaban J connectivity index is 2.36. The lowest BCUT2D eigenvalue weighted by atomic mass is 10.2. The molecule has 23 heavy (non-hydrogen) atoms. The Morgan fingerprint density at radius 3 is 2.48 bits per heavy atom. The first-order chi connectivity index (χ1) is 10.9. The van der Waals surface area contributed by atoms with Gasteiger partial charge in [0.15, 0.2) is 12.6 Å². The summed E-state index contributed by atoms with van der Waals surface area (Å²) in [5.41, 5.74) is 0.927. The molecule has 0 atom stereocenters. The van der Waals surface area contributed by atoms with Gasteiger partial charge in [-0.3, -0.25) is 4.99 Å². The average Bonchev–Trinajstić information content (AvgIpc) is 2.52. The third-order valence-corrected chi connectivity index (χ3v) is 3.52. The van der Waals surface area contributed by atoms with E-state index in [9.17, 15) is 13.2 Å². The highest BCUT2D eigenvalue weighted by atomic mass is 32.2. The predicted octanol–water partition coefficient (Wildman–Crippen LogP) is 3.05. The first-order valence-electron chi connectivity index (χ1n) is 7.16. The maximum absolute atomic E-state index is 12.1. The van der Waals surface area contributed by atoms with E-state index < -0.39 is 12.8 Å². The number of thioether (sulfide) groups is 1. The molecule has 0 unspecified atom stereocenters. The summed E-state index contributed by atoms with van der Waals surface area (Å²) in [5.74, 6) is 1.98. The molecular weight excluding hydrogens is 327 g/mol. The van der Waals surface area contributed by atoms with Crippen LogP contribution in [-0.2, 0) is 6.54 Å². The maximum Gasteiger partial charge on any atom is 0.422 e. The minimum absolute atomic E-state index is 0.200. The fourth-order valence-corrected chi connectivity index (χ4v) is 2.13. The molecule has 0 amide bonds. The van der Waals surface area contributed by atoms with Gasteiger partial charge in [0.05, 0.1) is 0 Å². The highest BCUT2D eigenvalue weighted by molar-refractivity contribution is 7.98. The van der Waals surface area contributed by atoms with Gasteiger partial charge in [-0.2, -0.15) is 24.9 Å². The van der Waals surface area contributed by atoms with Crippen LogP contribution in [0.5, 0.6) is 5.75 Å². The molecule has 2 N–H and O–H groups in total. The molecular formula is C15H22F3N3OS. The number of nitrogens with zero attached hydrogens (tertiary/aromatic N) is 1. The first kappa shape index (κ1) is 19.5. The summed E-state index contributed by atoms with van der Waals surface area (Å²) in [6.45, 7) is 0.0870. The molecule has 4 nitrogen and oxygen atoms in total. The standard InChI is InChI=1S/C15H22F3N3OS/c1-19-14(20-8-3-9-23-2)21-10-12-4-6-13(7-5-12)22-11-15(16,17)18/h4-7H,3,8-11H2,1-2H3,(H2,19,20,21). The van der Waals surface area contributed by atoms with Gasteiger partial charge in [0, 0.05) is 20.1 Å². The molecule has 0 bridgehead atoms. The lowest BCUT2D eigenvalue weighted by molar-refractivity contribution is -0.153. The van der Waals surface area contributed by atoms with Crippen LogP contribution < -0.4 is 15.4 Å². The Kier molecular flexibility index (Phi) is 8.68. The molecule has 1 aromatic rings. The van der Waals surface area contributed by atoms with E-state index in [1.807, 2.05) is 0 Å². The Morgan fingerprint density at radius 2 is 1.91 bits per heavy atom. The molecule has 0 saturated heterocycles. The second kappa shape index (κ2) is 10.3. The molecule has 0 aliphatic carbocycles. The van der Waals surface area contributed by atoms with Gasteiger partial charge < -0.3 is 15.4 Å². The summed E-state index contributed by atoms with van der Waals surface area (Å²) in [7, 11) is 1.69. The SMILES string of the molecule is CN=C(NCCCSC)NCc1ccc(OCC(F)(F)F)cc1. The van der Waals surface area contributed by atoms with E-state index in [1.54, 1.807) is 30.9 Å². The van der Waals surface area contributed by atoms with Gasteiger partial charge in [-0.1, -0.05) is 12.1 Å². The number of halogens is 3. The van der Waals surface area contributed by atoms with Crippen molar-refractivity contribution in [1.29, 1.82) is 0 Å². The number of hydrogen-bond donors (Lipinski definition) is 2. The van der Waals surface area contributed by atoms with Gasteiger partial charge in [-0.05, 0) is 36.1 Å². The number of hydrogen-bond acceptors (Lipinski definition) is 3. The monoisotopic (exact) mass is 349 g/mol. The van der Waals surface area contributed by atoms with Crippen LogP contribution >= 0.6 is 11.8 Å². The summed E-state index contributed by atoms with van der Waals surface area (Å²) in [4.78, 5) is 4.11. The molecule has 0 aliphatic rings. The van der Waals surface area contributed by atoms with Crippen LogP contribution in [0.3, 0.4) is 0 Å². The molecule has 0 saturated carbocycles. The zero-order valence-corrected chi connectivity index (χ0v) is 14.1. The van der Waals surface area contributed by atoms with Crippen LogP contribution in [0.25, 0.3) is 0 Å². The summed E-state index contributed by atoms with van der Waals surface area (Å²) in [6.07, 6.45) is -1.21. The molecule has 0 aliphatic heterocycles. The van der Waals surface area contributed by atoms with Crippen LogP contribution in [0.15, 0.2) is 29.3 Å². The lowest BCUT2D eigenvalue weighted by Crippen LogP contribution is -2.37. The summed E-state index contributed by atoms with van der Waals surface area (Å²) >= 11 is 1.80. The van der Waals surface area contributed by atoms with E-state index in [-0.39, 0.29) is 5.75 Å². The molecule has 0 aromatic heterocycles. The summed E-state index contributed by atoms with van der Waals surface area (Å²) < 4.78 is 40.9. The van der Waals surface area contributed by atoms with Crippen LogP contribution in [-0.4, -0.2) is 44.3 Å². The zero-order valence-electron chi connectivity index (χ0n) is 13.2. The summed E-state index contributed by atoms with van der Waals surface area (Å²) in [6, 6.07) is 6.49. The smallest absolute Gasteiger partial charge is 0.422 e. The van der Waals surface area contributed by atoms with Gasteiger partial charge >= 0.3 is 6.18 Å². The van der Waals surface area contributed by atoms with Crippen molar-refractivity contribution in [2.24, 2.45) is 4.99 Å². The van der Waals surface area contributed by atoms with Crippen molar-refractivity contribution in [2.75, 3.05) is 32.2 Å². The van der Waals surface area contributed by atoms with Crippen LogP contribution in [0.1, 0.15) is 12.0 Å². The van der Waals surface area contributed by atoms with Gasteiger partial charge in [0.1, 0.15) is 5.75 Å². The molecule has 0 fully saturated rings. The molecule has 0 heterocycles. The van der Waals surface area contributed by atoms with Crippen molar-refractivity contribution in [2.45, 2.75) is 19.1 Å². The number of nitrogens with one attached hydrogen (secondary N) is 2. The number of alkyl halides is 3. The lowest BCUT2D eigenvalue weighted by Gasteiger charge is -2.12. The minimum atomic E-state index is -4.32. The fourth-order valence-electron chi connectivity index (χ4n) is 1.70. The second-order valence-corrected chi connectivity index (χ2v) is 5.73. The Labute approximate surface area is 138 Å². The van der Waals surface area contributed by atoms with E-state index in [2.05, 4.69) is 26.6 Å². The zero-order chi connectivity index (χ0) is 17.1. The molecule has 1 aromatic carbocycles. The molecule has 1 rings (SSSR count). The quantitative estimate of drug-likeness (QED) is 0.430. The minimum Gasteiger partial charge on any atom is -0.484 e. The normalized spacial score (nSPS) is 12.1. The van der Waals surface area contributed by atoms with Crippen molar-refractivity contribution < 1.29 is 17.9 Å². The number of aliphatic imine (C=N–C) groups is 1. The van der Waals surface area contributed by atoms with E-state index in [0.717, 1.165) is 24.3 Å². The highest BCUT2D eigenvalue weighted by Gasteiger charge is 2.28. The van der Waals surface area contributed by atoms with E-state index >= 15 is 0 Å². The average molecular weight is 349 g/mol. The Hall–Kier alpha value is -1.57. The summed E-state index contributed by atoms with van der Waals surface area (Å²) in [5, 5.41) is 6.35. The van der Waals surface area contributed by atoms with Crippen molar-refractivity contribution >= 4 is 17.7 Å². The number of guanidine groups is 1. The number of benzene rings is 1. The van der Waals surface area contributed by atoms with Crippen LogP contribution in [0.2, 0.25) is 0 Å². The van der Waals surface area contributed by atoms with Crippen molar-refractivity contribution in [3.63, 3.8) is 0 Å². The van der Waals surface area contributed by atoms with E-state index in [4.69, 9.17) is 0 Å². The van der Waals surface area contributed by atoms with Crippen LogP contribution in [0.4, 0.5) is 13.2 Å². The van der Waals surface area contributed by atoms with Gasteiger partial charge in [-0.15, -0.1) is 0 Å². The maximum atomic E-state index is 12.1. The number of ether oxygens (including phenoxy) is 1. The van der Waals surface area contributed by atoms with Crippen molar-refractivity contribution in [1.82, 2.24) is 10.6 Å². The molecule has 0 radical (unpaired) electrons. The van der Waals surface area contributed by atoms with E-state index in [1.165, 1.54) is 12.1 Å². The third kappa shape index (κ3) is 9.22. The Bertz CT molecular complexity index is 478. The van der Waals surface area contributed by atoms with Crippen LogP contribution in [0, 0.1) is 0 Å². The topological polar surface area (TPSA) is 45.7 Å². The largest absolute Gasteiger partial charge is 0.484 e. The van der Waals surface area contributed by atoms with Crippen molar-refractivity contribution in [3.8, 4) is 5.75 Å². The van der Waals surface area contributed by atoms with Gasteiger partial charge in [0.2, 0.25) is 0 Å². The predicted molar refractivity (Wildman–Crippen MR) is 89.2 cm³/mol. The van der Waals surface area contributed by atoms with Gasteiger partial charge in [-0.25, -0.2) is 0 Å². The van der Waals surface area contributed by atoms with Crippen molar-refractivity contribution in [3.05, 3.63) is 29.8 Å². The first-order valence-corrected chi connectivity index (χ1v) is 8.56. The molecule has 0 spiro atoms. The fraction of sp³-hybridized carbons (Fsp3) is 0.533. The molecule has 8 heteroatoms. The highest BCUT2D eigenvalue weighted by Crippen LogP contribution is 2.18. The Morgan fingerprint density at radius 1 is 1.22 bits per heavy atom. The second-order valence-electron chi connectivity index (χ2n) is 4.75.